The summed E-state index contributed by atoms with van der Waals surface area (Å²) in [6.07, 6.45) is 8.02. The molecule has 0 amide bonds. The van der Waals surface area contributed by atoms with Crippen molar-refractivity contribution in [2.75, 3.05) is 6.61 Å². The molecule has 0 spiro atoms. The van der Waals surface area contributed by atoms with Crippen molar-refractivity contribution in [1.82, 2.24) is 19.9 Å². The van der Waals surface area contributed by atoms with Crippen LogP contribution in [0.25, 0.3) is 32.7 Å². The van der Waals surface area contributed by atoms with Gasteiger partial charge in [0, 0.05) is 47.2 Å². The van der Waals surface area contributed by atoms with E-state index in [4.69, 9.17) is 4.74 Å². The molecule has 0 unspecified atom stereocenters. The van der Waals surface area contributed by atoms with E-state index < -0.39 is 0 Å². The Bertz CT molecular complexity index is 2140. The van der Waals surface area contributed by atoms with Crippen LogP contribution < -0.4 is 4.74 Å². The molecule has 3 aromatic heterocycles. The van der Waals surface area contributed by atoms with Crippen molar-refractivity contribution in [3.8, 4) is 5.75 Å². The Kier molecular flexibility index (Phi) is 13.0. The summed E-state index contributed by atoms with van der Waals surface area (Å²) >= 11 is 0. The predicted octanol–water partition coefficient (Wildman–Crippen LogP) is 12.4. The molecule has 0 atom stereocenters. The number of halogens is 1. The molecule has 1 aliphatic rings. The van der Waals surface area contributed by atoms with Crippen LogP contribution in [0.4, 0.5) is 4.39 Å². The first kappa shape index (κ1) is 38.0. The zero-order valence-electron chi connectivity index (χ0n) is 31.8. The van der Waals surface area contributed by atoms with Crippen molar-refractivity contribution in [2.45, 2.75) is 85.5 Å². The molecule has 0 saturated heterocycles. The minimum absolute atomic E-state index is 0.161. The first-order chi connectivity index (χ1) is 25.0. The summed E-state index contributed by atoms with van der Waals surface area (Å²) in [7, 11) is 0. The number of nitrogens with zero attached hydrogens (tertiary/aromatic N) is 4. The number of ether oxygens (including phenoxy) is 1. The minimum Gasteiger partial charge on any atom is -0.493 e. The molecule has 4 aromatic carbocycles. The van der Waals surface area contributed by atoms with Crippen LogP contribution in [0.3, 0.4) is 0 Å². The topological polar surface area (TPSA) is 60.8 Å². The molecular weight excluding hydrogens is 644 g/mol. The van der Waals surface area contributed by atoms with Gasteiger partial charge in [0.2, 0.25) is 0 Å². The van der Waals surface area contributed by atoms with Gasteiger partial charge in [0.25, 0.3) is 0 Å². The molecule has 5 nitrogen and oxygen atoms in total. The minimum atomic E-state index is -0.161. The summed E-state index contributed by atoms with van der Waals surface area (Å²) in [5.74, 6) is 2.90. The highest BCUT2D eigenvalue weighted by Gasteiger charge is 2.13. The van der Waals surface area contributed by atoms with Crippen LogP contribution in [0.1, 0.15) is 107 Å². The Morgan fingerprint density at radius 1 is 0.558 bits per heavy atom. The Morgan fingerprint density at radius 3 is 1.75 bits per heavy atom. The smallest absolute Gasteiger partial charge is 0.128 e. The summed E-state index contributed by atoms with van der Waals surface area (Å²) in [6.45, 7) is 18.1. The zero-order valence-corrected chi connectivity index (χ0v) is 31.8. The number of aromatic nitrogens is 4. The van der Waals surface area contributed by atoms with E-state index in [1.165, 1.54) is 33.7 Å². The maximum absolute atomic E-state index is 13.5. The van der Waals surface area contributed by atoms with Gasteiger partial charge < -0.3 is 4.74 Å². The average Bonchev–Trinajstić information content (AvgIpc) is 3.63. The Labute approximate surface area is 308 Å². The van der Waals surface area contributed by atoms with Crippen LogP contribution in [0.5, 0.6) is 5.75 Å². The third kappa shape index (κ3) is 9.97. The second-order valence-corrected chi connectivity index (χ2v) is 14.5. The van der Waals surface area contributed by atoms with Crippen LogP contribution >= 0.6 is 0 Å². The fraction of sp³-hybridized carbons (Fsp3) is 0.304. The van der Waals surface area contributed by atoms with Crippen LogP contribution in [-0.4, -0.2) is 26.5 Å². The highest BCUT2D eigenvalue weighted by Crippen LogP contribution is 2.28. The van der Waals surface area contributed by atoms with Crippen LogP contribution in [0.15, 0.2) is 116 Å². The molecule has 0 aliphatic carbocycles. The maximum atomic E-state index is 13.5. The molecule has 4 heterocycles. The molecule has 7 aromatic rings. The number of pyridine rings is 2. The first-order valence-corrected chi connectivity index (χ1v) is 18.3. The highest BCUT2D eigenvalue weighted by molar-refractivity contribution is 5.80. The second-order valence-electron chi connectivity index (χ2n) is 14.5. The summed E-state index contributed by atoms with van der Waals surface area (Å²) in [6, 6.07) is 30.6. The largest absolute Gasteiger partial charge is 0.493 e. The van der Waals surface area contributed by atoms with E-state index >= 15 is 0 Å². The van der Waals surface area contributed by atoms with Gasteiger partial charge in [0.15, 0.2) is 0 Å². The van der Waals surface area contributed by atoms with Crippen molar-refractivity contribution in [3.63, 3.8) is 0 Å². The lowest BCUT2D eigenvalue weighted by molar-refractivity contribution is 0.357. The van der Waals surface area contributed by atoms with E-state index in [1.54, 1.807) is 12.5 Å². The van der Waals surface area contributed by atoms with Crippen molar-refractivity contribution in [3.05, 3.63) is 150 Å². The highest BCUT2D eigenvalue weighted by atomic mass is 19.1. The molecule has 0 saturated carbocycles. The molecule has 1 aliphatic heterocycles. The van der Waals surface area contributed by atoms with Gasteiger partial charge in [0.05, 0.1) is 23.2 Å². The van der Waals surface area contributed by atoms with Gasteiger partial charge in [0.1, 0.15) is 17.9 Å². The van der Waals surface area contributed by atoms with E-state index in [0.717, 1.165) is 51.7 Å². The standard InChI is InChI=1S/C12H12FN.C12H13N.C11H12N2.C11H14O/c1-8(2)10-6-9-4-3-5-14-12(9)7-11(10)13;1-9(2)10-5-6-12-11(8-10)4-3-7-13-12;1-8(2)9-3-4-11-10(5-9)6-12-7-13-11;1-8(2)9-3-4-11-10(7-9)5-6-12-11/h3-8H,1-2H3;3-9H,1-2H3;3-8H,1-2H3;3-4,7-8H,5-6H2,1-2H3. The molecule has 0 bridgehead atoms. The van der Waals surface area contributed by atoms with Gasteiger partial charge in [-0.2, -0.15) is 0 Å². The Morgan fingerprint density at radius 2 is 1.12 bits per heavy atom. The quantitative estimate of drug-likeness (QED) is 0.183. The normalized spacial score (nSPS) is 11.9. The molecule has 52 heavy (non-hydrogen) atoms. The van der Waals surface area contributed by atoms with Crippen molar-refractivity contribution in [1.29, 1.82) is 0 Å². The predicted molar refractivity (Wildman–Crippen MR) is 215 cm³/mol. The molecule has 268 valence electrons. The average molecular weight is 695 g/mol. The van der Waals surface area contributed by atoms with E-state index in [0.29, 0.717) is 17.8 Å². The fourth-order valence-corrected chi connectivity index (χ4v) is 5.94. The van der Waals surface area contributed by atoms with Crippen LogP contribution in [-0.2, 0) is 6.42 Å². The van der Waals surface area contributed by atoms with E-state index in [2.05, 4.69) is 116 Å². The number of benzene rings is 4. The molecular formula is C46H51FN4O. The van der Waals surface area contributed by atoms with Crippen molar-refractivity contribution < 1.29 is 9.13 Å². The Hall–Kier alpha value is -5.23. The van der Waals surface area contributed by atoms with Gasteiger partial charge in [-0.25, -0.2) is 14.4 Å². The molecule has 6 heteroatoms. The fourth-order valence-electron chi connectivity index (χ4n) is 5.94. The molecule has 0 N–H and O–H groups in total. The zero-order chi connectivity index (χ0) is 37.2. The number of fused-ring (bicyclic) bond motifs is 4. The van der Waals surface area contributed by atoms with Crippen molar-refractivity contribution in [2.24, 2.45) is 0 Å². The SMILES string of the molecule is CC(C)c1cc2cccnc2cc1F.CC(C)c1ccc2c(c1)CCO2.CC(C)c1ccc2ncccc2c1.CC(C)c1ccc2ncncc2c1. The lowest BCUT2D eigenvalue weighted by atomic mass is 10.00. The first-order valence-electron chi connectivity index (χ1n) is 18.3. The van der Waals surface area contributed by atoms with E-state index in [9.17, 15) is 4.39 Å². The summed E-state index contributed by atoms with van der Waals surface area (Å²) in [5, 5.41) is 3.35. The Balaban J connectivity index is 0.000000134. The third-order valence-corrected chi connectivity index (χ3v) is 9.21. The van der Waals surface area contributed by atoms with Crippen LogP contribution in [0.2, 0.25) is 0 Å². The number of hydrogen-bond acceptors (Lipinski definition) is 5. The lowest BCUT2D eigenvalue weighted by Gasteiger charge is -2.07. The van der Waals surface area contributed by atoms with Gasteiger partial charge in [-0.3, -0.25) is 9.97 Å². The monoisotopic (exact) mass is 694 g/mol. The van der Waals surface area contributed by atoms with Gasteiger partial charge in [-0.05, 0) is 100 Å². The van der Waals surface area contributed by atoms with E-state index in [-0.39, 0.29) is 11.7 Å². The second kappa shape index (κ2) is 17.8. The number of hydrogen-bond donors (Lipinski definition) is 0. The lowest BCUT2D eigenvalue weighted by Crippen LogP contribution is -1.93. The number of rotatable bonds is 4. The molecule has 8 rings (SSSR count). The van der Waals surface area contributed by atoms with Gasteiger partial charge >= 0.3 is 0 Å². The van der Waals surface area contributed by atoms with Crippen LogP contribution in [0, 0.1) is 5.82 Å². The van der Waals surface area contributed by atoms with Crippen molar-refractivity contribution >= 4 is 32.7 Å². The third-order valence-electron chi connectivity index (χ3n) is 9.21. The summed E-state index contributed by atoms with van der Waals surface area (Å²) < 4.78 is 19.0. The van der Waals surface area contributed by atoms with E-state index in [1.807, 2.05) is 56.6 Å². The van der Waals surface area contributed by atoms with Gasteiger partial charge in [-0.1, -0.05) is 91.8 Å². The maximum Gasteiger partial charge on any atom is 0.128 e. The molecule has 0 fully saturated rings. The molecule has 0 radical (unpaired) electrons. The summed E-state index contributed by atoms with van der Waals surface area (Å²) in [4.78, 5) is 16.6. The van der Waals surface area contributed by atoms with Gasteiger partial charge in [-0.15, -0.1) is 0 Å². The summed E-state index contributed by atoms with van der Waals surface area (Å²) in [5.41, 5.74) is 9.06.